The third-order valence-corrected chi connectivity index (χ3v) is 4.62. The van der Waals surface area contributed by atoms with E-state index >= 15 is 0 Å². The Labute approximate surface area is 173 Å². The molecule has 0 bridgehead atoms. The number of nitrogens with zero attached hydrogens (tertiary/aromatic N) is 1. The van der Waals surface area contributed by atoms with E-state index in [0.29, 0.717) is 0 Å². The van der Waals surface area contributed by atoms with Crippen molar-refractivity contribution in [3.63, 3.8) is 0 Å². The van der Waals surface area contributed by atoms with Crippen LogP contribution in [0.2, 0.25) is 0 Å². The van der Waals surface area contributed by atoms with Crippen LogP contribution in [0, 0.1) is 0 Å². The number of hydrogen-bond donors (Lipinski definition) is 2. The minimum atomic E-state index is -2.99. The van der Waals surface area contributed by atoms with Crippen molar-refractivity contribution in [2.24, 2.45) is 0 Å². The van der Waals surface area contributed by atoms with Crippen LogP contribution in [0.1, 0.15) is 34.6 Å². The van der Waals surface area contributed by atoms with Gasteiger partial charge in [-0.25, -0.2) is 9.59 Å². The molecule has 8 nitrogen and oxygen atoms in total. The van der Waals surface area contributed by atoms with Gasteiger partial charge in [-0.05, 0) is 26.0 Å². The largest absolute Gasteiger partial charge is 0.479 e. The number of ether oxygens (including phenoxy) is 1. The van der Waals surface area contributed by atoms with Gasteiger partial charge in [0.2, 0.25) is 11.9 Å². The van der Waals surface area contributed by atoms with Crippen LogP contribution in [-0.2, 0) is 14.3 Å². The molecule has 2 rings (SSSR count). The zero-order valence-corrected chi connectivity index (χ0v) is 16.6. The number of esters is 1. The fourth-order valence-electron chi connectivity index (χ4n) is 2.99. The number of likely N-dealkylation sites (N-methyl/N-ethyl adjacent to an activating group) is 1. The number of carboxylic acids is 1. The molecule has 0 fully saturated rings. The average molecular weight is 413 g/mol. The Morgan fingerprint density at radius 1 is 0.900 bits per heavy atom. The van der Waals surface area contributed by atoms with Gasteiger partial charge in [0, 0.05) is 18.7 Å². The summed E-state index contributed by atoms with van der Waals surface area (Å²) in [6, 6.07) is 14.8. The number of aliphatic carboxylic acids is 1. The Morgan fingerprint density at radius 3 is 1.80 bits per heavy atom. The molecule has 0 heterocycles. The van der Waals surface area contributed by atoms with Crippen LogP contribution in [-0.4, -0.2) is 63.5 Å². The SMILES string of the molecule is CCN(CC)C(=O)[C@@](OC(=O)c1ccccc1)(C(=O)c1ccccc1)[C@@H](O)C(=O)O. The lowest BCUT2D eigenvalue weighted by Crippen LogP contribution is -2.65. The van der Waals surface area contributed by atoms with Crippen molar-refractivity contribution in [3.05, 3.63) is 71.8 Å². The van der Waals surface area contributed by atoms with Gasteiger partial charge in [0.1, 0.15) is 0 Å². The maximum Gasteiger partial charge on any atom is 0.339 e. The molecule has 2 atom stereocenters. The predicted molar refractivity (Wildman–Crippen MR) is 107 cm³/mol. The number of rotatable bonds is 9. The predicted octanol–water partition coefficient (Wildman–Crippen LogP) is 1.78. The summed E-state index contributed by atoms with van der Waals surface area (Å²) < 4.78 is 5.30. The molecule has 2 aromatic carbocycles. The number of aliphatic hydroxyl groups excluding tert-OH is 1. The van der Waals surface area contributed by atoms with Gasteiger partial charge in [0.15, 0.2) is 0 Å². The van der Waals surface area contributed by atoms with Gasteiger partial charge >= 0.3 is 11.9 Å². The fraction of sp³-hybridized carbons (Fsp3) is 0.273. The van der Waals surface area contributed by atoms with E-state index in [0.717, 1.165) is 4.90 Å². The van der Waals surface area contributed by atoms with Crippen molar-refractivity contribution >= 4 is 23.6 Å². The monoisotopic (exact) mass is 413 g/mol. The molecule has 0 aliphatic rings. The Kier molecular flexibility index (Phi) is 7.43. The number of carbonyl (C=O) groups is 4. The Hall–Kier alpha value is -3.52. The van der Waals surface area contributed by atoms with E-state index in [-0.39, 0.29) is 24.2 Å². The maximum atomic E-state index is 13.4. The van der Waals surface area contributed by atoms with E-state index in [9.17, 15) is 29.4 Å². The van der Waals surface area contributed by atoms with Crippen molar-refractivity contribution < 1.29 is 34.1 Å². The van der Waals surface area contributed by atoms with Gasteiger partial charge < -0.3 is 19.8 Å². The number of carbonyl (C=O) groups excluding carboxylic acids is 3. The molecule has 0 spiro atoms. The first-order chi connectivity index (χ1) is 14.3. The number of hydrogen-bond acceptors (Lipinski definition) is 6. The van der Waals surface area contributed by atoms with E-state index in [2.05, 4.69) is 0 Å². The minimum Gasteiger partial charge on any atom is -0.479 e. The Balaban J connectivity index is 2.70. The molecular weight excluding hydrogens is 390 g/mol. The van der Waals surface area contributed by atoms with E-state index in [1.165, 1.54) is 48.5 Å². The van der Waals surface area contributed by atoms with E-state index < -0.39 is 35.3 Å². The van der Waals surface area contributed by atoms with Crippen LogP contribution < -0.4 is 0 Å². The second kappa shape index (κ2) is 9.80. The second-order valence-corrected chi connectivity index (χ2v) is 6.40. The van der Waals surface area contributed by atoms with Gasteiger partial charge in [-0.1, -0.05) is 48.5 Å². The third kappa shape index (κ3) is 4.38. The molecule has 0 unspecified atom stereocenters. The number of benzene rings is 2. The lowest BCUT2D eigenvalue weighted by Gasteiger charge is -2.36. The molecular formula is C22H23NO7. The third-order valence-electron chi connectivity index (χ3n) is 4.62. The Bertz CT molecular complexity index is 910. The molecule has 0 radical (unpaired) electrons. The van der Waals surface area contributed by atoms with Crippen LogP contribution in [0.25, 0.3) is 0 Å². The lowest BCUT2D eigenvalue weighted by molar-refractivity contribution is -0.171. The van der Waals surface area contributed by atoms with Crippen molar-refractivity contribution in [2.75, 3.05) is 13.1 Å². The Morgan fingerprint density at radius 2 is 1.37 bits per heavy atom. The maximum absolute atomic E-state index is 13.4. The summed E-state index contributed by atoms with van der Waals surface area (Å²) in [6.07, 6.45) is -2.62. The standard InChI is InChI=1S/C22H23NO7/c1-3-23(4-2)21(29)22(18(25)19(26)27,17(24)15-11-7-5-8-12-15)30-20(28)16-13-9-6-10-14-16/h5-14,18,25H,3-4H2,1-2H3,(H,26,27)/t18-,22+/m0/s1. The summed E-state index contributed by atoms with van der Waals surface area (Å²) in [6.45, 7) is 3.44. The summed E-state index contributed by atoms with van der Waals surface area (Å²) in [5.41, 5.74) is -3.08. The molecule has 30 heavy (non-hydrogen) atoms. The van der Waals surface area contributed by atoms with Crippen LogP contribution in [0.15, 0.2) is 60.7 Å². The smallest absolute Gasteiger partial charge is 0.339 e. The van der Waals surface area contributed by atoms with Crippen LogP contribution in [0.5, 0.6) is 0 Å². The first-order valence-corrected chi connectivity index (χ1v) is 9.38. The number of ketones is 1. The van der Waals surface area contributed by atoms with Crippen molar-refractivity contribution in [3.8, 4) is 0 Å². The van der Waals surface area contributed by atoms with E-state index in [4.69, 9.17) is 4.74 Å². The molecule has 0 aliphatic heterocycles. The van der Waals surface area contributed by atoms with Gasteiger partial charge in [-0.15, -0.1) is 0 Å². The van der Waals surface area contributed by atoms with Crippen molar-refractivity contribution in [2.45, 2.75) is 25.6 Å². The highest BCUT2D eigenvalue weighted by atomic mass is 16.6. The van der Waals surface area contributed by atoms with E-state index in [1.54, 1.807) is 26.0 Å². The molecule has 1 amide bonds. The first-order valence-electron chi connectivity index (χ1n) is 9.38. The lowest BCUT2D eigenvalue weighted by atomic mass is 9.85. The van der Waals surface area contributed by atoms with Crippen molar-refractivity contribution in [1.29, 1.82) is 0 Å². The molecule has 2 N–H and O–H groups in total. The summed E-state index contributed by atoms with van der Waals surface area (Å²) in [5, 5.41) is 20.0. The molecule has 0 aliphatic carbocycles. The van der Waals surface area contributed by atoms with E-state index in [1.807, 2.05) is 0 Å². The van der Waals surface area contributed by atoms with Gasteiger partial charge in [-0.2, -0.15) is 0 Å². The van der Waals surface area contributed by atoms with Crippen LogP contribution >= 0.6 is 0 Å². The average Bonchev–Trinajstić information content (AvgIpc) is 2.78. The summed E-state index contributed by atoms with van der Waals surface area (Å²) in [5.74, 6) is -5.22. The molecule has 8 heteroatoms. The van der Waals surface area contributed by atoms with Gasteiger partial charge in [0.05, 0.1) is 5.56 Å². The molecule has 0 saturated carbocycles. The second-order valence-electron chi connectivity index (χ2n) is 6.40. The highest BCUT2D eigenvalue weighted by Gasteiger charge is 2.60. The minimum absolute atomic E-state index is 0.00678. The number of carboxylic acid groups (broad SMARTS) is 1. The highest BCUT2D eigenvalue weighted by Crippen LogP contribution is 2.28. The summed E-state index contributed by atoms with van der Waals surface area (Å²) in [4.78, 5) is 52.4. The molecule has 2 aromatic rings. The van der Waals surface area contributed by atoms with Crippen LogP contribution in [0.3, 0.4) is 0 Å². The van der Waals surface area contributed by atoms with Crippen molar-refractivity contribution in [1.82, 2.24) is 4.90 Å². The zero-order valence-electron chi connectivity index (χ0n) is 16.6. The highest BCUT2D eigenvalue weighted by molar-refractivity contribution is 6.21. The molecule has 0 aromatic heterocycles. The molecule has 0 saturated heterocycles. The quantitative estimate of drug-likeness (QED) is 0.365. The fourth-order valence-corrected chi connectivity index (χ4v) is 2.99. The summed E-state index contributed by atoms with van der Waals surface area (Å²) >= 11 is 0. The zero-order chi connectivity index (χ0) is 22.3. The number of aliphatic hydroxyl groups is 1. The van der Waals surface area contributed by atoms with Crippen LogP contribution in [0.4, 0.5) is 0 Å². The molecule has 158 valence electrons. The first kappa shape index (κ1) is 22.8. The van der Waals surface area contributed by atoms with Gasteiger partial charge in [-0.3, -0.25) is 9.59 Å². The summed E-state index contributed by atoms with van der Waals surface area (Å²) in [7, 11) is 0. The van der Waals surface area contributed by atoms with Gasteiger partial charge in [0.25, 0.3) is 11.5 Å². The number of amides is 1. The number of Topliss-reactive ketones (excluding diaryl/α,β-unsaturated/α-hetero) is 1. The normalized spacial score (nSPS) is 13.6. The topological polar surface area (TPSA) is 121 Å².